The van der Waals surface area contributed by atoms with Crippen molar-refractivity contribution in [2.24, 2.45) is 5.92 Å². The summed E-state index contributed by atoms with van der Waals surface area (Å²) in [6, 6.07) is 7.65. The van der Waals surface area contributed by atoms with Crippen molar-refractivity contribution in [2.75, 3.05) is 0 Å². The van der Waals surface area contributed by atoms with E-state index in [0.29, 0.717) is 18.0 Å². The summed E-state index contributed by atoms with van der Waals surface area (Å²) < 4.78 is 28.9. The van der Waals surface area contributed by atoms with E-state index in [4.69, 9.17) is 0 Å². The van der Waals surface area contributed by atoms with Crippen LogP contribution in [-0.4, -0.2) is 30.6 Å². The Morgan fingerprint density at radius 2 is 1.92 bits per heavy atom. The molecule has 6 heteroatoms. The average Bonchev–Trinajstić information content (AvgIpc) is 3.26. The fraction of sp³-hybridized carbons (Fsp3) is 0.632. The van der Waals surface area contributed by atoms with Crippen LogP contribution in [0.2, 0.25) is 0 Å². The third kappa shape index (κ3) is 3.12. The zero-order chi connectivity index (χ0) is 17.6. The van der Waals surface area contributed by atoms with Crippen LogP contribution in [-0.2, 0) is 10.2 Å². The lowest BCUT2D eigenvalue weighted by Crippen LogP contribution is -2.56. The van der Waals surface area contributed by atoms with Crippen LogP contribution in [0.1, 0.15) is 44.6 Å². The van der Waals surface area contributed by atoms with Crippen molar-refractivity contribution in [1.29, 1.82) is 0 Å². The number of fused-ring (bicyclic) bond motifs is 2. The van der Waals surface area contributed by atoms with Gasteiger partial charge in [-0.25, -0.2) is 0 Å². The molecular weight excluding hydrogens is 326 g/mol. The van der Waals surface area contributed by atoms with Gasteiger partial charge in [0.05, 0.1) is 5.41 Å². The molecule has 0 aromatic heterocycles. The Labute approximate surface area is 146 Å². The van der Waals surface area contributed by atoms with Gasteiger partial charge in [0.2, 0.25) is 5.91 Å². The minimum absolute atomic E-state index is 0.0689. The van der Waals surface area contributed by atoms with Crippen molar-refractivity contribution in [1.82, 2.24) is 10.6 Å². The summed E-state index contributed by atoms with van der Waals surface area (Å²) in [7, 11) is 0. The van der Waals surface area contributed by atoms with Gasteiger partial charge in [-0.3, -0.25) is 4.79 Å². The van der Waals surface area contributed by atoms with E-state index in [1.807, 2.05) is 0 Å². The zero-order valence-electron chi connectivity index (χ0n) is 14.3. The van der Waals surface area contributed by atoms with Crippen molar-refractivity contribution in [2.45, 2.75) is 69.2 Å². The molecule has 0 spiro atoms. The highest BCUT2D eigenvalue weighted by Crippen LogP contribution is 2.49. The van der Waals surface area contributed by atoms with E-state index in [0.717, 1.165) is 31.2 Å². The second kappa shape index (κ2) is 6.24. The van der Waals surface area contributed by atoms with Gasteiger partial charge >= 0.3 is 6.61 Å². The molecule has 4 nitrogen and oxygen atoms in total. The van der Waals surface area contributed by atoms with Crippen LogP contribution in [0.25, 0.3) is 0 Å². The molecule has 1 aliphatic carbocycles. The maximum atomic E-state index is 13.0. The smallest absolute Gasteiger partial charge is 0.387 e. The second-order valence-corrected chi connectivity index (χ2v) is 7.73. The molecule has 2 N–H and O–H groups in total. The number of hydrogen-bond acceptors (Lipinski definition) is 3. The summed E-state index contributed by atoms with van der Waals surface area (Å²) in [6.07, 6.45) is 4.93. The number of piperidine rings is 1. The highest BCUT2D eigenvalue weighted by Gasteiger charge is 2.52. The summed E-state index contributed by atoms with van der Waals surface area (Å²) in [4.78, 5) is 13.0. The van der Waals surface area contributed by atoms with Crippen molar-refractivity contribution >= 4 is 5.91 Å². The third-order valence-corrected chi connectivity index (χ3v) is 6.15. The number of amides is 1. The maximum absolute atomic E-state index is 13.0. The Morgan fingerprint density at radius 1 is 1.24 bits per heavy atom. The first-order chi connectivity index (χ1) is 12.0. The number of halogens is 2. The summed E-state index contributed by atoms with van der Waals surface area (Å²) in [5.41, 5.74) is 0.384. The number of carbonyl (C=O) groups is 1. The molecule has 0 radical (unpaired) electrons. The van der Waals surface area contributed by atoms with Gasteiger partial charge in [-0.1, -0.05) is 19.1 Å². The van der Waals surface area contributed by atoms with E-state index in [-0.39, 0.29) is 17.7 Å². The van der Waals surface area contributed by atoms with Gasteiger partial charge in [0.1, 0.15) is 5.75 Å². The van der Waals surface area contributed by atoms with E-state index < -0.39 is 12.0 Å². The van der Waals surface area contributed by atoms with Gasteiger partial charge in [-0.05, 0) is 55.7 Å². The van der Waals surface area contributed by atoms with E-state index in [1.54, 1.807) is 12.1 Å². The highest BCUT2D eigenvalue weighted by molar-refractivity contribution is 5.91. The lowest BCUT2D eigenvalue weighted by Gasteiger charge is -2.36. The summed E-state index contributed by atoms with van der Waals surface area (Å²) in [6.45, 7) is -0.590. The Hall–Kier alpha value is -1.69. The molecule has 4 unspecified atom stereocenters. The summed E-state index contributed by atoms with van der Waals surface area (Å²) in [5.74, 6) is 0.765. The van der Waals surface area contributed by atoms with E-state index in [9.17, 15) is 13.6 Å². The number of alkyl halides is 2. The lowest BCUT2D eigenvalue weighted by molar-refractivity contribution is -0.124. The van der Waals surface area contributed by atoms with Crippen LogP contribution < -0.4 is 15.4 Å². The fourth-order valence-corrected chi connectivity index (χ4v) is 4.49. The van der Waals surface area contributed by atoms with Crippen LogP contribution in [0.15, 0.2) is 24.3 Å². The number of carbonyl (C=O) groups excluding carboxylic acids is 1. The maximum Gasteiger partial charge on any atom is 0.387 e. The molecule has 3 aliphatic rings. The standard InChI is InChI=1S/C19H24F2N2O2/c1-11-10-16(15-7-6-14(11)22-15)23-17(24)19(8-9-19)12-2-4-13(5-3-12)25-18(20)21/h2-5,11,14-16,18,22H,6-10H2,1H3,(H,23,24). The monoisotopic (exact) mass is 350 g/mol. The largest absolute Gasteiger partial charge is 0.435 e. The molecule has 1 saturated carbocycles. The molecule has 2 aliphatic heterocycles. The van der Waals surface area contributed by atoms with Crippen LogP contribution in [0, 0.1) is 5.92 Å². The molecule has 4 atom stereocenters. The molecule has 2 bridgehead atoms. The van der Waals surface area contributed by atoms with Crippen LogP contribution in [0.5, 0.6) is 5.75 Å². The van der Waals surface area contributed by atoms with Gasteiger partial charge in [0, 0.05) is 18.1 Å². The SMILES string of the molecule is CC1CC(NC(=O)C2(c3ccc(OC(F)F)cc3)CC2)C2CCC1N2. The molecule has 1 amide bonds. The molecule has 136 valence electrons. The fourth-order valence-electron chi connectivity index (χ4n) is 4.49. The van der Waals surface area contributed by atoms with Gasteiger partial charge in [0.25, 0.3) is 0 Å². The van der Waals surface area contributed by atoms with Crippen molar-refractivity contribution in [3.63, 3.8) is 0 Å². The minimum atomic E-state index is -2.83. The van der Waals surface area contributed by atoms with Crippen molar-refractivity contribution in [3.05, 3.63) is 29.8 Å². The van der Waals surface area contributed by atoms with Crippen LogP contribution in [0.3, 0.4) is 0 Å². The predicted molar refractivity (Wildman–Crippen MR) is 89.6 cm³/mol. The first kappa shape index (κ1) is 16.8. The molecule has 2 heterocycles. The Morgan fingerprint density at radius 3 is 2.56 bits per heavy atom. The molecule has 25 heavy (non-hydrogen) atoms. The first-order valence-electron chi connectivity index (χ1n) is 9.10. The number of ether oxygens (including phenoxy) is 1. The zero-order valence-corrected chi connectivity index (χ0v) is 14.3. The number of benzene rings is 1. The van der Waals surface area contributed by atoms with Gasteiger partial charge in [-0.2, -0.15) is 8.78 Å². The van der Waals surface area contributed by atoms with Gasteiger partial charge < -0.3 is 15.4 Å². The molecule has 3 fully saturated rings. The Kier molecular flexibility index (Phi) is 4.18. The number of rotatable bonds is 5. The van der Waals surface area contributed by atoms with Crippen LogP contribution >= 0.6 is 0 Å². The predicted octanol–water partition coefficient (Wildman–Crippen LogP) is 2.96. The molecule has 4 rings (SSSR count). The van der Waals surface area contributed by atoms with Gasteiger partial charge in [-0.15, -0.1) is 0 Å². The van der Waals surface area contributed by atoms with E-state index in [2.05, 4.69) is 22.3 Å². The van der Waals surface area contributed by atoms with Crippen molar-refractivity contribution in [3.8, 4) is 5.75 Å². The normalized spacial score (nSPS) is 32.5. The minimum Gasteiger partial charge on any atom is -0.435 e. The third-order valence-electron chi connectivity index (χ3n) is 6.15. The molecule has 2 saturated heterocycles. The van der Waals surface area contributed by atoms with E-state index >= 15 is 0 Å². The lowest BCUT2D eigenvalue weighted by atomic mass is 9.89. The molecule has 1 aromatic carbocycles. The topological polar surface area (TPSA) is 50.4 Å². The Balaban J connectivity index is 1.44. The average molecular weight is 350 g/mol. The van der Waals surface area contributed by atoms with Crippen LogP contribution in [0.4, 0.5) is 8.78 Å². The van der Waals surface area contributed by atoms with E-state index in [1.165, 1.54) is 18.6 Å². The number of nitrogens with one attached hydrogen (secondary N) is 2. The van der Waals surface area contributed by atoms with Crippen molar-refractivity contribution < 1.29 is 18.3 Å². The first-order valence-corrected chi connectivity index (χ1v) is 9.10. The molecular formula is C19H24F2N2O2. The van der Waals surface area contributed by atoms with Gasteiger partial charge in [0.15, 0.2) is 0 Å². The second-order valence-electron chi connectivity index (χ2n) is 7.73. The quantitative estimate of drug-likeness (QED) is 0.858. The Bertz CT molecular complexity index is 645. The summed E-state index contributed by atoms with van der Waals surface area (Å²) in [5, 5.41) is 6.90. The highest BCUT2D eigenvalue weighted by atomic mass is 19.3. The molecule has 1 aromatic rings. The summed E-state index contributed by atoms with van der Waals surface area (Å²) >= 11 is 0. The number of hydrogen-bond donors (Lipinski definition) is 2.